The summed E-state index contributed by atoms with van der Waals surface area (Å²) >= 11 is 0. The summed E-state index contributed by atoms with van der Waals surface area (Å²) in [6.45, 7) is -1.32. The van der Waals surface area contributed by atoms with E-state index in [4.69, 9.17) is 5.21 Å². The largest absolute Gasteiger partial charge is 0.428 e. The number of rotatable bonds is 2. The van der Waals surface area contributed by atoms with E-state index in [1.54, 1.807) is 30.3 Å². The number of hydrogen-bond donors (Lipinski definition) is 1. The fourth-order valence-electron chi connectivity index (χ4n) is 0.781. The standard InChI is InChI=1S/C7H7BFNO.2H2O/c9-8(6-10-11)7-4-2-1-3-5-7;;/h1-6,11H;2*1H2. The first kappa shape index (κ1) is 14.1. The molecular formula is C7H11BFNO3. The molecule has 0 spiro atoms. The van der Waals surface area contributed by atoms with Crippen molar-refractivity contribution in [3.8, 4) is 0 Å². The zero-order chi connectivity index (χ0) is 8.10. The van der Waals surface area contributed by atoms with Gasteiger partial charge in [0.25, 0.3) is 0 Å². The summed E-state index contributed by atoms with van der Waals surface area (Å²) in [5.74, 6) is 0. The van der Waals surface area contributed by atoms with E-state index >= 15 is 0 Å². The van der Waals surface area contributed by atoms with E-state index in [-0.39, 0.29) is 11.0 Å². The molecule has 0 amide bonds. The van der Waals surface area contributed by atoms with Gasteiger partial charge in [0.05, 0.1) is 6.11 Å². The van der Waals surface area contributed by atoms with Crippen LogP contribution < -0.4 is 5.46 Å². The maximum Gasteiger partial charge on any atom is 0.428 e. The Morgan fingerprint density at radius 2 is 1.77 bits per heavy atom. The summed E-state index contributed by atoms with van der Waals surface area (Å²) in [5, 5.41) is 10.6. The van der Waals surface area contributed by atoms with Crippen molar-refractivity contribution in [2.45, 2.75) is 0 Å². The number of nitrogens with zero attached hydrogens (tertiary/aromatic N) is 1. The van der Waals surface area contributed by atoms with Gasteiger partial charge in [0, 0.05) is 0 Å². The molecule has 0 aliphatic rings. The summed E-state index contributed by atoms with van der Waals surface area (Å²) in [6, 6.07) is 8.52. The highest BCUT2D eigenvalue weighted by Gasteiger charge is 2.12. The molecule has 0 atom stereocenters. The summed E-state index contributed by atoms with van der Waals surface area (Å²) in [7, 11) is 0. The van der Waals surface area contributed by atoms with Crippen LogP contribution in [0.1, 0.15) is 0 Å². The second kappa shape index (κ2) is 7.26. The van der Waals surface area contributed by atoms with Gasteiger partial charge in [-0.2, -0.15) is 0 Å². The van der Waals surface area contributed by atoms with Gasteiger partial charge in [-0.3, -0.25) is 0 Å². The van der Waals surface area contributed by atoms with Crippen molar-refractivity contribution in [2.75, 3.05) is 0 Å². The van der Waals surface area contributed by atoms with E-state index in [0.717, 1.165) is 6.11 Å². The summed E-state index contributed by atoms with van der Waals surface area (Å²) in [4.78, 5) is 0. The van der Waals surface area contributed by atoms with Crippen LogP contribution >= 0.6 is 0 Å². The van der Waals surface area contributed by atoms with Crippen LogP contribution in [0.4, 0.5) is 4.32 Å². The van der Waals surface area contributed by atoms with Crippen molar-refractivity contribution in [2.24, 2.45) is 5.16 Å². The second-order valence-electron chi connectivity index (χ2n) is 2.08. The average molecular weight is 187 g/mol. The van der Waals surface area contributed by atoms with E-state index < -0.39 is 6.99 Å². The number of benzene rings is 1. The zero-order valence-corrected chi connectivity index (χ0v) is 6.81. The predicted octanol–water partition coefficient (Wildman–Crippen LogP) is -0.796. The van der Waals surface area contributed by atoms with E-state index in [1.807, 2.05) is 0 Å². The van der Waals surface area contributed by atoms with Crippen LogP contribution in [0.15, 0.2) is 35.5 Å². The molecular weight excluding hydrogens is 176 g/mol. The Labute approximate surface area is 75.4 Å². The van der Waals surface area contributed by atoms with Gasteiger partial charge in [-0.15, -0.1) is 5.16 Å². The SMILES string of the molecule is O.O.ON=CB(F)c1ccccc1. The van der Waals surface area contributed by atoms with Crippen LogP contribution in [-0.4, -0.2) is 29.3 Å². The van der Waals surface area contributed by atoms with Crippen LogP contribution in [-0.2, 0) is 0 Å². The molecule has 0 aliphatic carbocycles. The molecule has 0 radical (unpaired) electrons. The van der Waals surface area contributed by atoms with Crippen molar-refractivity contribution in [1.82, 2.24) is 0 Å². The number of halogens is 1. The first-order valence-corrected chi connectivity index (χ1v) is 3.21. The third-order valence-corrected chi connectivity index (χ3v) is 1.32. The number of hydrogen-bond acceptors (Lipinski definition) is 2. The fraction of sp³-hybridized carbons (Fsp3) is 0. The molecule has 0 heterocycles. The van der Waals surface area contributed by atoms with Crippen molar-refractivity contribution in [3.05, 3.63) is 30.3 Å². The maximum atomic E-state index is 12.8. The molecule has 0 aliphatic heterocycles. The van der Waals surface area contributed by atoms with Gasteiger partial charge in [0.1, 0.15) is 0 Å². The van der Waals surface area contributed by atoms with E-state index in [0.29, 0.717) is 5.46 Å². The Balaban J connectivity index is 0. The molecule has 5 N–H and O–H groups in total. The highest BCUT2D eigenvalue weighted by atomic mass is 19.1. The Hall–Kier alpha value is -1.40. The first-order valence-electron chi connectivity index (χ1n) is 3.21. The quantitative estimate of drug-likeness (QED) is 0.279. The lowest BCUT2D eigenvalue weighted by Crippen LogP contribution is -2.26. The van der Waals surface area contributed by atoms with E-state index in [1.165, 1.54) is 0 Å². The monoisotopic (exact) mass is 187 g/mol. The minimum Gasteiger partial charge on any atom is -0.412 e. The van der Waals surface area contributed by atoms with Crippen LogP contribution in [0.2, 0.25) is 0 Å². The smallest absolute Gasteiger partial charge is 0.412 e. The summed E-state index contributed by atoms with van der Waals surface area (Å²) in [6.07, 6.45) is 0.843. The first-order chi connectivity index (χ1) is 5.34. The van der Waals surface area contributed by atoms with Crippen molar-refractivity contribution in [1.29, 1.82) is 0 Å². The van der Waals surface area contributed by atoms with E-state index in [2.05, 4.69) is 5.16 Å². The van der Waals surface area contributed by atoms with Gasteiger partial charge < -0.3 is 20.5 Å². The highest BCUT2D eigenvalue weighted by Crippen LogP contribution is 1.87. The number of oxime groups is 1. The summed E-state index contributed by atoms with van der Waals surface area (Å²) in [5.41, 5.74) is 0.491. The Bertz CT molecular complexity index is 245. The lowest BCUT2D eigenvalue weighted by molar-refractivity contribution is 0.322. The highest BCUT2D eigenvalue weighted by molar-refractivity contribution is 6.90. The Morgan fingerprint density at radius 1 is 1.23 bits per heavy atom. The molecule has 1 aromatic rings. The molecule has 0 fully saturated rings. The third-order valence-electron chi connectivity index (χ3n) is 1.32. The Morgan fingerprint density at radius 3 is 2.23 bits per heavy atom. The average Bonchev–Trinajstić information content (AvgIpc) is 2.07. The fourth-order valence-corrected chi connectivity index (χ4v) is 0.781. The van der Waals surface area contributed by atoms with Crippen molar-refractivity contribution < 1.29 is 20.5 Å². The molecule has 1 aromatic carbocycles. The van der Waals surface area contributed by atoms with Gasteiger partial charge in [-0.1, -0.05) is 30.3 Å². The van der Waals surface area contributed by atoms with Gasteiger partial charge in [0.2, 0.25) is 0 Å². The second-order valence-corrected chi connectivity index (χ2v) is 2.08. The molecule has 0 bridgehead atoms. The topological polar surface area (TPSA) is 95.6 Å². The Kier molecular flexibility index (Phi) is 7.91. The van der Waals surface area contributed by atoms with Crippen LogP contribution in [0.5, 0.6) is 0 Å². The molecule has 6 heteroatoms. The van der Waals surface area contributed by atoms with Gasteiger partial charge in [0.15, 0.2) is 0 Å². The molecule has 13 heavy (non-hydrogen) atoms. The molecule has 0 saturated heterocycles. The van der Waals surface area contributed by atoms with Crippen molar-refractivity contribution in [3.63, 3.8) is 0 Å². The van der Waals surface area contributed by atoms with E-state index in [9.17, 15) is 4.32 Å². The minimum atomic E-state index is -1.32. The van der Waals surface area contributed by atoms with Gasteiger partial charge in [-0.25, -0.2) is 0 Å². The predicted molar refractivity (Wildman–Crippen MR) is 50.4 cm³/mol. The lowest BCUT2D eigenvalue weighted by Gasteiger charge is -1.94. The molecule has 0 unspecified atom stereocenters. The van der Waals surface area contributed by atoms with Crippen LogP contribution in [0.25, 0.3) is 0 Å². The molecule has 4 nitrogen and oxygen atoms in total. The lowest BCUT2D eigenvalue weighted by atomic mass is 9.66. The molecule has 72 valence electrons. The molecule has 0 aromatic heterocycles. The maximum absolute atomic E-state index is 12.8. The minimum absolute atomic E-state index is 0. The normalized spacial score (nSPS) is 8.69. The zero-order valence-electron chi connectivity index (χ0n) is 6.81. The molecule has 1 rings (SSSR count). The third kappa shape index (κ3) is 4.24. The molecule has 0 saturated carbocycles. The van der Waals surface area contributed by atoms with Gasteiger partial charge >= 0.3 is 6.99 Å². The van der Waals surface area contributed by atoms with Crippen LogP contribution in [0.3, 0.4) is 0 Å². The van der Waals surface area contributed by atoms with Crippen LogP contribution in [0, 0.1) is 0 Å². The summed E-state index contributed by atoms with van der Waals surface area (Å²) < 4.78 is 12.8. The van der Waals surface area contributed by atoms with Gasteiger partial charge in [-0.05, 0) is 5.46 Å². The van der Waals surface area contributed by atoms with Crippen molar-refractivity contribution >= 4 is 18.6 Å².